The number of hydrogen-bond donors (Lipinski definition) is 1. The van der Waals surface area contributed by atoms with Crippen molar-refractivity contribution >= 4 is 5.57 Å². The van der Waals surface area contributed by atoms with Gasteiger partial charge in [-0.2, -0.15) is 0 Å². The fourth-order valence-corrected chi connectivity index (χ4v) is 2.24. The Labute approximate surface area is 97.1 Å². The molecule has 0 aliphatic heterocycles. The fourth-order valence-electron chi connectivity index (χ4n) is 2.24. The van der Waals surface area contributed by atoms with E-state index < -0.39 is 0 Å². The molecule has 0 fully saturated rings. The number of aryl methyl sites for hydroxylation is 1. The fraction of sp³-hybridized carbons (Fsp3) is 0.333. The van der Waals surface area contributed by atoms with E-state index in [2.05, 4.69) is 30.3 Å². The first-order valence-corrected chi connectivity index (χ1v) is 5.96. The van der Waals surface area contributed by atoms with E-state index in [1.807, 2.05) is 6.08 Å². The predicted octanol–water partition coefficient (Wildman–Crippen LogP) is 3.34. The molecule has 0 spiro atoms. The highest BCUT2D eigenvalue weighted by atomic mass is 16.2. The number of hydrogen-bond acceptors (Lipinski definition) is 1. The zero-order valence-corrected chi connectivity index (χ0v) is 9.52. The third-order valence-electron chi connectivity index (χ3n) is 3.04. The van der Waals surface area contributed by atoms with Crippen LogP contribution in [-0.2, 0) is 6.42 Å². The Hall–Kier alpha value is -1.34. The van der Waals surface area contributed by atoms with Crippen LogP contribution in [0.4, 0.5) is 0 Å². The van der Waals surface area contributed by atoms with Crippen molar-refractivity contribution < 1.29 is 5.11 Å². The first-order chi connectivity index (χ1) is 7.92. The minimum Gasteiger partial charge on any atom is -0.392 e. The second kappa shape index (κ2) is 5.66. The first-order valence-electron chi connectivity index (χ1n) is 5.96. The van der Waals surface area contributed by atoms with Gasteiger partial charge in [0, 0.05) is 0 Å². The summed E-state index contributed by atoms with van der Waals surface area (Å²) in [5.74, 6) is 0. The molecule has 1 aromatic rings. The lowest BCUT2D eigenvalue weighted by Gasteiger charge is -2.07. The largest absolute Gasteiger partial charge is 0.392 e. The lowest BCUT2D eigenvalue weighted by atomic mass is 9.98. The summed E-state index contributed by atoms with van der Waals surface area (Å²) < 4.78 is 0. The van der Waals surface area contributed by atoms with Crippen LogP contribution >= 0.6 is 0 Å². The third-order valence-corrected chi connectivity index (χ3v) is 3.04. The van der Waals surface area contributed by atoms with Gasteiger partial charge in [-0.1, -0.05) is 42.5 Å². The van der Waals surface area contributed by atoms with Crippen LogP contribution in [0.2, 0.25) is 0 Å². The molecule has 0 unspecified atom stereocenters. The van der Waals surface area contributed by atoms with E-state index >= 15 is 0 Å². The third kappa shape index (κ3) is 2.61. The van der Waals surface area contributed by atoms with E-state index in [4.69, 9.17) is 5.11 Å². The van der Waals surface area contributed by atoms with Crippen molar-refractivity contribution in [3.05, 3.63) is 53.6 Å². The van der Waals surface area contributed by atoms with Crippen LogP contribution in [0.3, 0.4) is 0 Å². The topological polar surface area (TPSA) is 20.2 Å². The van der Waals surface area contributed by atoms with Crippen molar-refractivity contribution in [2.24, 2.45) is 0 Å². The lowest BCUT2D eigenvalue weighted by Crippen LogP contribution is -1.88. The van der Waals surface area contributed by atoms with Gasteiger partial charge in [0.2, 0.25) is 0 Å². The summed E-state index contributed by atoms with van der Waals surface area (Å²) in [6, 6.07) is 8.66. The maximum absolute atomic E-state index is 8.73. The maximum Gasteiger partial charge on any atom is 0.0615 e. The van der Waals surface area contributed by atoms with E-state index in [-0.39, 0.29) is 6.61 Å². The highest BCUT2D eigenvalue weighted by molar-refractivity contribution is 5.70. The highest BCUT2D eigenvalue weighted by Crippen LogP contribution is 2.29. The Kier molecular flexibility index (Phi) is 3.95. The van der Waals surface area contributed by atoms with Crippen molar-refractivity contribution in [1.29, 1.82) is 0 Å². The SMILES string of the molecule is OCC=CC=C1CCCCc2ccccc21. The number of aliphatic hydroxyl groups is 1. The number of fused-ring (bicyclic) bond motifs is 1. The Morgan fingerprint density at radius 3 is 2.81 bits per heavy atom. The summed E-state index contributed by atoms with van der Waals surface area (Å²) in [5, 5.41) is 8.73. The second-order valence-electron chi connectivity index (χ2n) is 4.17. The van der Waals surface area contributed by atoms with Gasteiger partial charge in [-0.3, -0.25) is 0 Å². The average Bonchev–Trinajstić information content (AvgIpc) is 2.52. The van der Waals surface area contributed by atoms with Gasteiger partial charge in [-0.25, -0.2) is 0 Å². The van der Waals surface area contributed by atoms with Crippen LogP contribution in [0.15, 0.2) is 42.5 Å². The minimum atomic E-state index is 0.116. The van der Waals surface area contributed by atoms with Crippen LogP contribution < -0.4 is 0 Å². The molecule has 1 heteroatoms. The van der Waals surface area contributed by atoms with Gasteiger partial charge >= 0.3 is 0 Å². The van der Waals surface area contributed by atoms with Crippen LogP contribution in [0.1, 0.15) is 30.4 Å². The van der Waals surface area contributed by atoms with Crippen molar-refractivity contribution in [2.75, 3.05) is 6.61 Å². The zero-order chi connectivity index (χ0) is 11.2. The molecule has 0 bridgehead atoms. The number of benzene rings is 1. The Morgan fingerprint density at radius 2 is 1.94 bits per heavy atom. The van der Waals surface area contributed by atoms with Crippen molar-refractivity contribution in [3.63, 3.8) is 0 Å². The first kappa shape index (κ1) is 11.2. The quantitative estimate of drug-likeness (QED) is 0.748. The van der Waals surface area contributed by atoms with Gasteiger partial charge in [0.15, 0.2) is 0 Å². The van der Waals surface area contributed by atoms with Crippen LogP contribution in [0.25, 0.3) is 5.57 Å². The molecule has 0 saturated heterocycles. The normalized spacial score (nSPS) is 18.7. The van der Waals surface area contributed by atoms with E-state index in [9.17, 15) is 0 Å². The van der Waals surface area contributed by atoms with Gasteiger partial charge in [0.1, 0.15) is 0 Å². The molecule has 0 radical (unpaired) electrons. The summed E-state index contributed by atoms with van der Waals surface area (Å²) in [5.41, 5.74) is 4.25. The maximum atomic E-state index is 8.73. The van der Waals surface area contributed by atoms with E-state index in [1.165, 1.54) is 36.0 Å². The summed E-state index contributed by atoms with van der Waals surface area (Å²) >= 11 is 0. The highest BCUT2D eigenvalue weighted by Gasteiger charge is 2.10. The van der Waals surface area contributed by atoms with Crippen molar-refractivity contribution in [2.45, 2.75) is 25.7 Å². The standard InChI is InChI=1S/C15H18O/c16-12-6-5-10-14-8-2-1-7-13-9-3-4-11-15(13)14/h3-6,9-11,16H,1-2,7-8,12H2. The molecule has 1 aliphatic carbocycles. The molecule has 1 aliphatic rings. The van der Waals surface area contributed by atoms with E-state index in [0.29, 0.717) is 0 Å². The van der Waals surface area contributed by atoms with Gasteiger partial charge in [0.25, 0.3) is 0 Å². The number of aliphatic hydroxyl groups excluding tert-OH is 1. The average molecular weight is 214 g/mol. The van der Waals surface area contributed by atoms with Crippen LogP contribution in [-0.4, -0.2) is 11.7 Å². The molecule has 1 N–H and O–H groups in total. The minimum absolute atomic E-state index is 0.116. The van der Waals surface area contributed by atoms with E-state index in [0.717, 1.165) is 6.42 Å². The Balaban J connectivity index is 2.32. The zero-order valence-electron chi connectivity index (χ0n) is 9.52. The molecule has 16 heavy (non-hydrogen) atoms. The van der Waals surface area contributed by atoms with E-state index in [1.54, 1.807) is 6.08 Å². The molecule has 84 valence electrons. The van der Waals surface area contributed by atoms with Gasteiger partial charge in [-0.15, -0.1) is 0 Å². The van der Waals surface area contributed by atoms with Crippen molar-refractivity contribution in [1.82, 2.24) is 0 Å². The molecule has 1 nitrogen and oxygen atoms in total. The molecule has 0 saturated carbocycles. The van der Waals surface area contributed by atoms with Gasteiger partial charge < -0.3 is 5.11 Å². The molecule has 1 aromatic carbocycles. The Bertz CT molecular complexity index is 402. The van der Waals surface area contributed by atoms with Crippen LogP contribution in [0, 0.1) is 0 Å². The Morgan fingerprint density at radius 1 is 1.12 bits per heavy atom. The van der Waals surface area contributed by atoms with Gasteiger partial charge in [-0.05, 0) is 42.4 Å². The molecule has 0 atom stereocenters. The number of rotatable bonds is 2. The monoisotopic (exact) mass is 214 g/mol. The van der Waals surface area contributed by atoms with Crippen LogP contribution in [0.5, 0.6) is 0 Å². The molecule has 0 heterocycles. The summed E-state index contributed by atoms with van der Waals surface area (Å²) in [4.78, 5) is 0. The molecule has 0 aromatic heterocycles. The number of allylic oxidation sites excluding steroid dienone is 3. The molecular weight excluding hydrogens is 196 g/mol. The smallest absolute Gasteiger partial charge is 0.0615 e. The molecular formula is C15H18O. The second-order valence-corrected chi connectivity index (χ2v) is 4.17. The molecule has 2 rings (SSSR count). The van der Waals surface area contributed by atoms with Gasteiger partial charge in [0.05, 0.1) is 6.61 Å². The summed E-state index contributed by atoms with van der Waals surface area (Å²) in [6.07, 6.45) is 10.7. The predicted molar refractivity (Wildman–Crippen MR) is 68.2 cm³/mol. The lowest BCUT2D eigenvalue weighted by molar-refractivity contribution is 0.343. The van der Waals surface area contributed by atoms with Crippen molar-refractivity contribution in [3.8, 4) is 0 Å². The summed E-state index contributed by atoms with van der Waals surface area (Å²) in [6.45, 7) is 0.116. The molecule has 0 amide bonds. The summed E-state index contributed by atoms with van der Waals surface area (Å²) in [7, 11) is 0.